The predicted octanol–water partition coefficient (Wildman–Crippen LogP) is 1.15. The van der Waals surface area contributed by atoms with Crippen LogP contribution in [-0.4, -0.2) is 19.9 Å². The Labute approximate surface area is 85.8 Å². The first kappa shape index (κ1) is 9.36. The highest BCUT2D eigenvalue weighted by molar-refractivity contribution is 7.09. The van der Waals surface area contributed by atoms with E-state index in [1.807, 2.05) is 13.2 Å². The lowest BCUT2D eigenvalue weighted by atomic mass is 10.1. The maximum absolute atomic E-state index is 9.81. The average Bonchev–Trinajstić information content (AvgIpc) is 2.75. The maximum Gasteiger partial charge on any atom is 0.0939 e. The second kappa shape index (κ2) is 3.89. The molecule has 0 amide bonds. The summed E-state index contributed by atoms with van der Waals surface area (Å²) >= 11 is 1.47. The Kier molecular flexibility index (Phi) is 2.60. The monoisotopic (exact) mass is 209 g/mol. The van der Waals surface area contributed by atoms with E-state index in [1.165, 1.54) is 11.3 Å². The van der Waals surface area contributed by atoms with Crippen molar-refractivity contribution in [2.75, 3.05) is 0 Å². The van der Waals surface area contributed by atoms with Crippen LogP contribution in [0.25, 0.3) is 0 Å². The molecular weight excluding hydrogens is 198 g/mol. The van der Waals surface area contributed by atoms with Crippen LogP contribution < -0.4 is 0 Å². The quantitative estimate of drug-likeness (QED) is 0.825. The molecule has 0 bridgehead atoms. The first-order chi connectivity index (χ1) is 6.75. The largest absolute Gasteiger partial charge is 0.387 e. The molecular formula is C9H11N3OS. The predicted molar refractivity (Wildman–Crippen MR) is 54.0 cm³/mol. The molecule has 74 valence electrons. The molecule has 0 fully saturated rings. The van der Waals surface area contributed by atoms with Crippen LogP contribution >= 0.6 is 11.3 Å². The second-order valence-electron chi connectivity index (χ2n) is 3.15. The molecule has 14 heavy (non-hydrogen) atoms. The summed E-state index contributed by atoms with van der Waals surface area (Å²) in [6.45, 7) is 0. The van der Waals surface area contributed by atoms with Crippen LogP contribution in [-0.2, 0) is 13.5 Å². The lowest BCUT2D eigenvalue weighted by molar-refractivity contribution is 0.182. The third-order valence-corrected chi connectivity index (χ3v) is 2.84. The third kappa shape index (κ3) is 2.00. The Morgan fingerprint density at radius 1 is 1.57 bits per heavy atom. The summed E-state index contributed by atoms with van der Waals surface area (Å²) in [5.41, 5.74) is 2.76. The molecule has 0 aliphatic rings. The first-order valence-corrected chi connectivity index (χ1v) is 5.17. The van der Waals surface area contributed by atoms with Gasteiger partial charge < -0.3 is 5.11 Å². The molecule has 1 unspecified atom stereocenters. The Morgan fingerprint density at radius 3 is 3.00 bits per heavy atom. The number of thiazole rings is 1. The molecule has 0 aliphatic heterocycles. The van der Waals surface area contributed by atoms with Gasteiger partial charge in [0.1, 0.15) is 0 Å². The van der Waals surface area contributed by atoms with Gasteiger partial charge in [0, 0.05) is 25.9 Å². The fraction of sp³-hybridized carbons (Fsp3) is 0.333. The van der Waals surface area contributed by atoms with Gasteiger partial charge in [0.2, 0.25) is 0 Å². The van der Waals surface area contributed by atoms with E-state index in [9.17, 15) is 5.11 Å². The first-order valence-electron chi connectivity index (χ1n) is 4.29. The van der Waals surface area contributed by atoms with Crippen LogP contribution in [0.5, 0.6) is 0 Å². The minimum atomic E-state index is -0.466. The van der Waals surface area contributed by atoms with Crippen molar-refractivity contribution in [3.05, 3.63) is 34.5 Å². The van der Waals surface area contributed by atoms with Gasteiger partial charge in [0.15, 0.2) is 0 Å². The van der Waals surface area contributed by atoms with Crippen molar-refractivity contribution in [3.8, 4) is 0 Å². The fourth-order valence-corrected chi connectivity index (χ4v) is 1.90. The van der Waals surface area contributed by atoms with Crippen molar-refractivity contribution in [2.24, 2.45) is 7.05 Å². The number of aromatic nitrogens is 3. The molecule has 1 atom stereocenters. The summed E-state index contributed by atoms with van der Waals surface area (Å²) in [4.78, 5) is 4.82. The zero-order valence-electron chi connectivity index (χ0n) is 7.79. The SMILES string of the molecule is Cn1cc(CC(O)c2cncs2)cn1. The lowest BCUT2D eigenvalue weighted by Gasteiger charge is -2.04. The molecule has 2 aromatic heterocycles. The minimum absolute atomic E-state index is 0.466. The highest BCUT2D eigenvalue weighted by atomic mass is 32.1. The zero-order valence-corrected chi connectivity index (χ0v) is 8.61. The summed E-state index contributed by atoms with van der Waals surface area (Å²) in [5, 5.41) is 13.8. The Hall–Kier alpha value is -1.20. The van der Waals surface area contributed by atoms with E-state index in [-0.39, 0.29) is 0 Å². The number of nitrogens with zero attached hydrogens (tertiary/aromatic N) is 3. The van der Waals surface area contributed by atoms with Crippen LogP contribution in [0, 0.1) is 0 Å². The number of hydrogen-bond acceptors (Lipinski definition) is 4. The van der Waals surface area contributed by atoms with Crippen molar-refractivity contribution in [1.29, 1.82) is 0 Å². The molecule has 2 heterocycles. The van der Waals surface area contributed by atoms with E-state index in [2.05, 4.69) is 10.1 Å². The lowest BCUT2D eigenvalue weighted by Crippen LogP contribution is -1.98. The van der Waals surface area contributed by atoms with Gasteiger partial charge in [0.25, 0.3) is 0 Å². The fourth-order valence-electron chi connectivity index (χ4n) is 1.29. The number of rotatable bonds is 3. The van der Waals surface area contributed by atoms with Crippen molar-refractivity contribution < 1.29 is 5.11 Å². The van der Waals surface area contributed by atoms with E-state index in [0.29, 0.717) is 6.42 Å². The molecule has 0 aromatic carbocycles. The summed E-state index contributed by atoms with van der Waals surface area (Å²) in [6.07, 6.45) is 5.50. The van der Waals surface area contributed by atoms with Gasteiger partial charge >= 0.3 is 0 Å². The van der Waals surface area contributed by atoms with Crippen molar-refractivity contribution >= 4 is 11.3 Å². The van der Waals surface area contributed by atoms with Crippen molar-refractivity contribution in [3.63, 3.8) is 0 Å². The number of aliphatic hydroxyl groups excluding tert-OH is 1. The summed E-state index contributed by atoms with van der Waals surface area (Å²) < 4.78 is 1.73. The van der Waals surface area contributed by atoms with Gasteiger partial charge in [-0.15, -0.1) is 11.3 Å². The zero-order chi connectivity index (χ0) is 9.97. The molecule has 1 N–H and O–H groups in total. The van der Waals surface area contributed by atoms with Crippen molar-refractivity contribution in [2.45, 2.75) is 12.5 Å². The Balaban J connectivity index is 2.05. The highest BCUT2D eigenvalue weighted by Crippen LogP contribution is 2.20. The van der Waals surface area contributed by atoms with Gasteiger partial charge in [-0.25, -0.2) is 0 Å². The number of hydrogen-bond donors (Lipinski definition) is 1. The molecule has 2 rings (SSSR count). The van der Waals surface area contributed by atoms with E-state index >= 15 is 0 Å². The molecule has 0 saturated carbocycles. The summed E-state index contributed by atoms with van der Waals surface area (Å²) in [6, 6.07) is 0. The van der Waals surface area contributed by atoms with Crippen LogP contribution in [0.4, 0.5) is 0 Å². The van der Waals surface area contributed by atoms with Gasteiger partial charge in [-0.05, 0) is 5.56 Å². The molecule has 4 nitrogen and oxygen atoms in total. The molecule has 0 spiro atoms. The molecule has 0 radical (unpaired) electrons. The Bertz CT molecular complexity index is 396. The van der Waals surface area contributed by atoms with Gasteiger partial charge in [-0.3, -0.25) is 9.67 Å². The van der Waals surface area contributed by atoms with Gasteiger partial charge in [-0.1, -0.05) is 0 Å². The van der Waals surface area contributed by atoms with Crippen LogP contribution in [0.2, 0.25) is 0 Å². The molecule has 0 aliphatic carbocycles. The van der Waals surface area contributed by atoms with Gasteiger partial charge in [-0.2, -0.15) is 5.10 Å². The summed E-state index contributed by atoms with van der Waals surface area (Å²) in [7, 11) is 1.86. The van der Waals surface area contributed by atoms with Crippen molar-refractivity contribution in [1.82, 2.24) is 14.8 Å². The van der Waals surface area contributed by atoms with Crippen LogP contribution in [0.1, 0.15) is 16.5 Å². The van der Waals surface area contributed by atoms with E-state index in [0.717, 1.165) is 10.4 Å². The van der Waals surface area contributed by atoms with Crippen LogP contribution in [0.15, 0.2) is 24.1 Å². The normalized spacial score (nSPS) is 13.0. The Morgan fingerprint density at radius 2 is 2.43 bits per heavy atom. The average molecular weight is 209 g/mol. The third-order valence-electron chi connectivity index (χ3n) is 1.97. The standard InChI is InChI=1S/C9H11N3OS/c1-12-5-7(3-11-12)2-8(13)9-4-10-6-14-9/h3-6,8,13H,2H2,1H3. The minimum Gasteiger partial charge on any atom is -0.387 e. The van der Waals surface area contributed by atoms with Crippen LogP contribution in [0.3, 0.4) is 0 Å². The smallest absolute Gasteiger partial charge is 0.0939 e. The maximum atomic E-state index is 9.81. The second-order valence-corrected chi connectivity index (χ2v) is 4.06. The number of aliphatic hydroxyl groups is 1. The number of aryl methyl sites for hydroxylation is 1. The molecule has 0 saturated heterocycles. The topological polar surface area (TPSA) is 50.9 Å². The molecule has 2 aromatic rings. The van der Waals surface area contributed by atoms with E-state index in [1.54, 1.807) is 22.6 Å². The summed E-state index contributed by atoms with van der Waals surface area (Å²) in [5.74, 6) is 0. The van der Waals surface area contributed by atoms with Gasteiger partial charge in [0.05, 0.1) is 22.7 Å². The highest BCUT2D eigenvalue weighted by Gasteiger charge is 2.10. The van der Waals surface area contributed by atoms with E-state index in [4.69, 9.17) is 0 Å². The van der Waals surface area contributed by atoms with E-state index < -0.39 is 6.10 Å². The molecule has 5 heteroatoms.